The number of hydrogen-bond donors (Lipinski definition) is 0. The molecule has 2 rings (SSSR count). The molecule has 44 heavy (non-hydrogen) atoms. The SMILES string of the molecule is C[Si](C)C(C)(C)C.C[Si](C)C(C)(C)C.C[Si](C)C(C)(C)C.C[Si](C)C(C)(C)C.[Br][Ge][c]1ccc(-c2cc[c]([Ge][Br])cc2)cc1. The number of benzene rings is 2. The zero-order valence-corrected chi connectivity index (χ0v) is 43.7. The molecule has 8 radical (unpaired) electrons. The molecule has 0 aliphatic carbocycles. The predicted octanol–water partition coefficient (Wildman–Crippen LogP) is 12.8. The molecule has 0 bridgehead atoms. The zero-order chi connectivity index (χ0) is 35.7. The molecular weight excluding hydrogens is 850 g/mol. The predicted molar refractivity (Wildman–Crippen MR) is 229 cm³/mol. The minimum atomic E-state index is -0.0913. The van der Waals surface area contributed by atoms with E-state index in [4.69, 9.17) is 0 Å². The van der Waals surface area contributed by atoms with Crippen LogP contribution < -0.4 is 8.79 Å². The third-order valence-corrected chi connectivity index (χ3v) is 27.4. The molecule has 0 unspecified atom stereocenters. The van der Waals surface area contributed by atoms with Crippen molar-refractivity contribution in [3.63, 3.8) is 0 Å². The monoisotopic (exact) mass is 918 g/mol. The van der Waals surface area contributed by atoms with E-state index in [2.05, 4.69) is 212 Å². The van der Waals surface area contributed by atoms with Crippen LogP contribution in [0.3, 0.4) is 0 Å². The van der Waals surface area contributed by atoms with Gasteiger partial charge in [0.25, 0.3) is 0 Å². The van der Waals surface area contributed by atoms with Crippen molar-refractivity contribution in [2.45, 2.75) is 156 Å². The fourth-order valence-corrected chi connectivity index (χ4v) is 5.43. The minimum absolute atomic E-state index is 0.0502. The van der Waals surface area contributed by atoms with E-state index in [9.17, 15) is 0 Å². The first-order chi connectivity index (χ1) is 19.6. The summed E-state index contributed by atoms with van der Waals surface area (Å²) >= 11 is 6.98. The van der Waals surface area contributed by atoms with Crippen molar-refractivity contribution in [3.05, 3.63) is 48.5 Å². The van der Waals surface area contributed by atoms with Crippen molar-refractivity contribution >= 4 is 99.2 Å². The maximum atomic E-state index is 3.58. The molecule has 0 fully saturated rings. The fourth-order valence-electron chi connectivity index (χ4n) is 1.45. The summed E-state index contributed by atoms with van der Waals surface area (Å²) in [6.07, 6.45) is 0. The molecule has 2 aromatic rings. The Morgan fingerprint density at radius 2 is 0.500 bits per heavy atom. The third-order valence-electron chi connectivity index (χ3n) is 8.32. The van der Waals surface area contributed by atoms with Crippen LogP contribution in [0.15, 0.2) is 48.5 Å². The van der Waals surface area contributed by atoms with Gasteiger partial charge in [-0.1, -0.05) is 135 Å². The summed E-state index contributed by atoms with van der Waals surface area (Å²) < 4.78 is 2.87. The van der Waals surface area contributed by atoms with Crippen molar-refractivity contribution in [3.8, 4) is 11.1 Å². The summed E-state index contributed by atoms with van der Waals surface area (Å²) in [5, 5.41) is 2.41. The molecule has 0 aliphatic rings. The molecule has 0 N–H and O–H groups in total. The molecule has 0 nitrogen and oxygen atoms in total. The molecule has 0 aromatic heterocycles. The number of rotatable bonds is 3. The van der Waals surface area contributed by atoms with Crippen LogP contribution in [-0.2, 0) is 0 Å². The average Bonchev–Trinajstić information content (AvgIpc) is 2.88. The van der Waals surface area contributed by atoms with Gasteiger partial charge in [0.1, 0.15) is 0 Å². The van der Waals surface area contributed by atoms with Gasteiger partial charge in [-0.3, -0.25) is 0 Å². The zero-order valence-electron chi connectivity index (χ0n) is 32.4. The van der Waals surface area contributed by atoms with E-state index in [1.54, 1.807) is 0 Å². The van der Waals surface area contributed by atoms with Gasteiger partial charge in [0, 0.05) is 35.2 Å². The van der Waals surface area contributed by atoms with Crippen molar-refractivity contribution in [1.29, 1.82) is 0 Å². The van der Waals surface area contributed by atoms with E-state index in [-0.39, 0.29) is 62.4 Å². The molecule has 0 atom stereocenters. The molecule has 250 valence electrons. The summed E-state index contributed by atoms with van der Waals surface area (Å²) in [4.78, 5) is 0. The van der Waals surface area contributed by atoms with E-state index in [0.29, 0.717) is 20.2 Å². The van der Waals surface area contributed by atoms with Gasteiger partial charge >= 0.3 is 124 Å². The summed E-state index contributed by atoms with van der Waals surface area (Å²) in [6.45, 7) is 46.5. The van der Waals surface area contributed by atoms with Gasteiger partial charge in [-0.15, -0.1) is 0 Å². The second kappa shape index (κ2) is 23.7. The summed E-state index contributed by atoms with van der Waals surface area (Å²) in [7, 11) is -0.201. The fraction of sp³-hybridized carbons (Fsp3) is 0.667. The molecular formula is C36H68Br2Ge2Si4. The van der Waals surface area contributed by atoms with Gasteiger partial charge in [0.05, 0.1) is 0 Å². The van der Waals surface area contributed by atoms with Crippen LogP contribution in [0.2, 0.25) is 72.5 Å². The standard InChI is InChI=1S/C12H8Br2Ge2.4C6H15Si/c13-15-11-5-1-9(2-6-11)10-3-7-12(16-14)8-4-10;4*1-6(2,3)7(4)5/h1-8H;4*1-5H3. The van der Waals surface area contributed by atoms with Gasteiger partial charge in [0.2, 0.25) is 0 Å². The Morgan fingerprint density at radius 3 is 0.591 bits per heavy atom. The number of halogens is 2. The van der Waals surface area contributed by atoms with Crippen molar-refractivity contribution < 1.29 is 0 Å². The van der Waals surface area contributed by atoms with Crippen molar-refractivity contribution in [1.82, 2.24) is 0 Å². The van der Waals surface area contributed by atoms with Crippen molar-refractivity contribution in [2.24, 2.45) is 0 Å². The molecule has 0 amide bonds. The second-order valence-corrected chi connectivity index (χ2v) is 37.7. The first kappa shape index (κ1) is 49.7. The Hall–Kier alpha value is 1.35. The molecule has 0 saturated carbocycles. The van der Waals surface area contributed by atoms with Crippen LogP contribution in [0, 0.1) is 0 Å². The Labute approximate surface area is 311 Å². The van der Waals surface area contributed by atoms with E-state index in [1.807, 2.05) is 0 Å². The quantitative estimate of drug-likeness (QED) is 0.269. The topological polar surface area (TPSA) is 0 Å². The first-order valence-corrected chi connectivity index (χ1v) is 37.7. The van der Waals surface area contributed by atoms with E-state index in [0.717, 1.165) is 0 Å². The molecule has 0 heterocycles. The maximum absolute atomic E-state index is 3.58. The molecule has 2 aromatic carbocycles. The van der Waals surface area contributed by atoms with E-state index >= 15 is 0 Å². The summed E-state index contributed by atoms with van der Waals surface area (Å²) in [5.41, 5.74) is 2.61. The third kappa shape index (κ3) is 27.3. The Morgan fingerprint density at radius 1 is 0.364 bits per heavy atom. The normalized spacial score (nSPS) is 12.0. The molecule has 0 aliphatic heterocycles. The van der Waals surface area contributed by atoms with Crippen LogP contribution in [0.5, 0.6) is 0 Å². The van der Waals surface area contributed by atoms with Gasteiger partial charge < -0.3 is 0 Å². The summed E-state index contributed by atoms with van der Waals surface area (Å²) in [5.74, 6) is 0. The van der Waals surface area contributed by atoms with Crippen LogP contribution in [-0.4, -0.2) is 62.4 Å². The van der Waals surface area contributed by atoms with Gasteiger partial charge in [-0.25, -0.2) is 0 Å². The van der Waals surface area contributed by atoms with Gasteiger partial charge in [0.15, 0.2) is 0 Å². The average molecular weight is 918 g/mol. The van der Waals surface area contributed by atoms with Crippen LogP contribution >= 0.6 is 28.0 Å². The Kier molecular flexibility index (Phi) is 26.7. The summed E-state index contributed by atoms with van der Waals surface area (Å²) in [6, 6.07) is 17.7. The van der Waals surface area contributed by atoms with Crippen LogP contribution in [0.25, 0.3) is 11.1 Å². The van der Waals surface area contributed by atoms with Crippen LogP contribution in [0.1, 0.15) is 83.1 Å². The van der Waals surface area contributed by atoms with Gasteiger partial charge in [-0.05, 0) is 20.2 Å². The Bertz CT molecular complexity index is 847. The Balaban J connectivity index is -0.000000515. The van der Waals surface area contributed by atoms with Crippen molar-refractivity contribution in [2.75, 3.05) is 0 Å². The van der Waals surface area contributed by atoms with E-state index < -0.39 is 0 Å². The molecule has 0 spiro atoms. The number of hydrogen-bond acceptors (Lipinski definition) is 0. The second-order valence-electron chi connectivity index (χ2n) is 16.3. The van der Waals surface area contributed by atoms with Gasteiger partial charge in [-0.2, -0.15) is 0 Å². The molecule has 0 saturated heterocycles. The van der Waals surface area contributed by atoms with E-state index in [1.165, 1.54) is 19.9 Å². The van der Waals surface area contributed by atoms with Crippen LogP contribution in [0.4, 0.5) is 0 Å². The molecule has 8 heteroatoms. The first-order valence-electron chi connectivity index (χ1n) is 15.8.